The van der Waals surface area contributed by atoms with Gasteiger partial charge in [0.1, 0.15) is 5.75 Å². The standard InChI is InChI=1S/C29H43N3O8S2/c1-21-18-32(22(2)20-33)29(34)26-17-24(30-41(5,35)36)14-15-27(26)40-23(3)11-9-10-16-39-28(21)19-31(4)42(37,38)25-12-7-6-8-13-25/h6-8,12-15,17,21-23,28,30,33H,9-11,16,18-20H2,1-5H3/t21-,22-,23-,28-/m1/s1. The summed E-state index contributed by atoms with van der Waals surface area (Å²) in [6, 6.07) is 12.1. The van der Waals surface area contributed by atoms with Gasteiger partial charge in [-0.3, -0.25) is 9.52 Å². The lowest BCUT2D eigenvalue weighted by Crippen LogP contribution is -2.48. The Balaban J connectivity index is 1.98. The molecule has 0 aromatic heterocycles. The topological polar surface area (TPSA) is 143 Å². The van der Waals surface area contributed by atoms with E-state index in [0.29, 0.717) is 18.8 Å². The third-order valence-corrected chi connectivity index (χ3v) is 9.69. The fourth-order valence-electron chi connectivity index (χ4n) is 4.79. The normalized spacial score (nSPS) is 22.1. The highest BCUT2D eigenvalue weighted by molar-refractivity contribution is 7.92. The molecule has 0 aliphatic carbocycles. The summed E-state index contributed by atoms with van der Waals surface area (Å²) >= 11 is 0. The Morgan fingerprint density at radius 3 is 2.43 bits per heavy atom. The van der Waals surface area contributed by atoms with Crippen LogP contribution in [0.2, 0.25) is 0 Å². The van der Waals surface area contributed by atoms with Crippen molar-refractivity contribution >= 4 is 31.6 Å². The summed E-state index contributed by atoms with van der Waals surface area (Å²) in [4.78, 5) is 15.7. The first-order valence-corrected chi connectivity index (χ1v) is 17.4. The highest BCUT2D eigenvalue weighted by Crippen LogP contribution is 2.29. The molecule has 0 fully saturated rings. The van der Waals surface area contributed by atoms with Gasteiger partial charge in [-0.25, -0.2) is 16.8 Å². The summed E-state index contributed by atoms with van der Waals surface area (Å²) < 4.78 is 66.4. The third-order valence-electron chi connectivity index (χ3n) is 7.24. The molecular weight excluding hydrogens is 582 g/mol. The van der Waals surface area contributed by atoms with Crippen molar-refractivity contribution in [2.24, 2.45) is 5.92 Å². The number of aliphatic hydroxyl groups is 1. The zero-order valence-electron chi connectivity index (χ0n) is 24.9. The number of benzene rings is 2. The van der Waals surface area contributed by atoms with Gasteiger partial charge in [-0.15, -0.1) is 0 Å². The monoisotopic (exact) mass is 625 g/mol. The quantitative estimate of drug-likeness (QED) is 0.456. The van der Waals surface area contributed by atoms with Crippen molar-refractivity contribution < 1.29 is 36.2 Å². The number of ether oxygens (including phenoxy) is 2. The molecule has 0 spiro atoms. The highest BCUT2D eigenvalue weighted by atomic mass is 32.2. The summed E-state index contributed by atoms with van der Waals surface area (Å²) in [6.07, 6.45) is 2.42. The molecule has 0 saturated carbocycles. The van der Waals surface area contributed by atoms with Crippen LogP contribution in [0.5, 0.6) is 5.75 Å². The fourth-order valence-corrected chi connectivity index (χ4v) is 6.55. The van der Waals surface area contributed by atoms with Crippen molar-refractivity contribution in [2.45, 2.75) is 63.2 Å². The maximum absolute atomic E-state index is 14.1. The number of carbonyl (C=O) groups is 1. The van der Waals surface area contributed by atoms with Crippen molar-refractivity contribution in [3.8, 4) is 5.75 Å². The first kappa shape index (κ1) is 33.8. The van der Waals surface area contributed by atoms with Gasteiger partial charge in [0.25, 0.3) is 5.91 Å². The van der Waals surface area contributed by atoms with E-state index in [9.17, 15) is 26.7 Å². The number of anilines is 1. The van der Waals surface area contributed by atoms with E-state index in [1.165, 1.54) is 22.3 Å². The Kier molecular flexibility index (Phi) is 11.8. The van der Waals surface area contributed by atoms with Crippen LogP contribution in [0, 0.1) is 5.92 Å². The van der Waals surface area contributed by atoms with Crippen LogP contribution in [0.1, 0.15) is 50.4 Å². The number of aliphatic hydroxyl groups excluding tert-OH is 1. The number of fused-ring (bicyclic) bond motifs is 1. The molecule has 11 nitrogen and oxygen atoms in total. The van der Waals surface area contributed by atoms with Crippen LogP contribution >= 0.6 is 0 Å². The average molecular weight is 626 g/mol. The van der Waals surface area contributed by atoms with Gasteiger partial charge in [0, 0.05) is 38.3 Å². The Morgan fingerprint density at radius 2 is 1.79 bits per heavy atom. The number of hydrogen-bond acceptors (Lipinski definition) is 8. The van der Waals surface area contributed by atoms with Crippen LogP contribution in [-0.2, 0) is 24.8 Å². The smallest absolute Gasteiger partial charge is 0.258 e. The van der Waals surface area contributed by atoms with Crippen LogP contribution in [-0.4, -0.2) is 94.9 Å². The van der Waals surface area contributed by atoms with Crippen molar-refractivity contribution in [3.63, 3.8) is 0 Å². The molecule has 1 amide bonds. The number of nitrogens with one attached hydrogen (secondary N) is 1. The van der Waals surface area contributed by atoms with Gasteiger partial charge in [0.05, 0.1) is 41.6 Å². The third kappa shape index (κ3) is 9.14. The van der Waals surface area contributed by atoms with Gasteiger partial charge in [-0.05, 0) is 63.4 Å². The lowest BCUT2D eigenvalue weighted by molar-refractivity contribution is -0.00833. The molecule has 0 bridgehead atoms. The minimum absolute atomic E-state index is 0.0620. The first-order chi connectivity index (χ1) is 19.7. The number of carbonyl (C=O) groups excluding carboxylic acids is 1. The molecule has 2 aromatic rings. The number of nitrogens with zero attached hydrogens (tertiary/aromatic N) is 2. The predicted octanol–water partition coefficient (Wildman–Crippen LogP) is 3.17. The largest absolute Gasteiger partial charge is 0.490 e. The van der Waals surface area contributed by atoms with E-state index in [1.807, 2.05) is 13.8 Å². The van der Waals surface area contributed by atoms with Crippen molar-refractivity contribution in [3.05, 3.63) is 54.1 Å². The van der Waals surface area contributed by atoms with Crippen LogP contribution in [0.15, 0.2) is 53.4 Å². The number of sulfonamides is 2. The summed E-state index contributed by atoms with van der Waals surface area (Å²) in [5.74, 6) is -0.475. The van der Waals surface area contributed by atoms with Crippen LogP contribution in [0.4, 0.5) is 5.69 Å². The molecule has 0 unspecified atom stereocenters. The maximum atomic E-state index is 14.1. The molecule has 1 aliphatic heterocycles. The molecule has 234 valence electrons. The van der Waals surface area contributed by atoms with E-state index < -0.39 is 38.1 Å². The second-order valence-electron chi connectivity index (χ2n) is 11.0. The molecule has 0 radical (unpaired) electrons. The van der Waals surface area contributed by atoms with E-state index in [1.54, 1.807) is 49.4 Å². The predicted molar refractivity (Wildman–Crippen MR) is 162 cm³/mol. The van der Waals surface area contributed by atoms with Gasteiger partial charge in [-0.2, -0.15) is 4.31 Å². The SMILES string of the molecule is C[C@@H]1CCCCO[C@H](CN(C)S(=O)(=O)c2ccccc2)[C@H](C)CN([C@H](C)CO)C(=O)c2cc(NS(C)(=O)=O)ccc2O1. The second-order valence-corrected chi connectivity index (χ2v) is 14.8. The van der Waals surface area contributed by atoms with E-state index in [2.05, 4.69) is 4.72 Å². The Labute approximate surface area is 249 Å². The molecule has 3 rings (SSSR count). The van der Waals surface area contributed by atoms with Crippen LogP contribution < -0.4 is 9.46 Å². The fraction of sp³-hybridized carbons (Fsp3) is 0.552. The van der Waals surface area contributed by atoms with E-state index in [0.717, 1.165) is 19.1 Å². The lowest BCUT2D eigenvalue weighted by Gasteiger charge is -2.35. The summed E-state index contributed by atoms with van der Waals surface area (Å²) in [5.41, 5.74) is 0.363. The van der Waals surface area contributed by atoms with Gasteiger partial charge < -0.3 is 19.5 Å². The summed E-state index contributed by atoms with van der Waals surface area (Å²) in [6.45, 7) is 5.77. The number of hydrogen-bond donors (Lipinski definition) is 2. The highest BCUT2D eigenvalue weighted by Gasteiger charge is 2.32. The second kappa shape index (κ2) is 14.6. The first-order valence-electron chi connectivity index (χ1n) is 14.1. The van der Waals surface area contributed by atoms with E-state index in [-0.39, 0.29) is 47.9 Å². The molecule has 1 heterocycles. The lowest BCUT2D eigenvalue weighted by atomic mass is 10.0. The Morgan fingerprint density at radius 1 is 1.10 bits per heavy atom. The van der Waals surface area contributed by atoms with E-state index >= 15 is 0 Å². The molecule has 4 atom stereocenters. The number of likely N-dealkylation sites (N-methyl/N-ethyl adjacent to an activating group) is 1. The summed E-state index contributed by atoms with van der Waals surface area (Å²) in [7, 11) is -5.87. The van der Waals surface area contributed by atoms with Crippen LogP contribution in [0.25, 0.3) is 0 Å². The Hall–Kier alpha value is -2.71. The van der Waals surface area contributed by atoms with Gasteiger partial charge in [-0.1, -0.05) is 25.1 Å². The minimum Gasteiger partial charge on any atom is -0.490 e. The zero-order chi connectivity index (χ0) is 31.1. The summed E-state index contributed by atoms with van der Waals surface area (Å²) in [5, 5.41) is 10.1. The molecule has 2 aromatic carbocycles. The maximum Gasteiger partial charge on any atom is 0.258 e. The van der Waals surface area contributed by atoms with Crippen LogP contribution in [0.3, 0.4) is 0 Å². The average Bonchev–Trinajstić information content (AvgIpc) is 2.94. The van der Waals surface area contributed by atoms with Gasteiger partial charge in [0.15, 0.2) is 0 Å². The molecule has 2 N–H and O–H groups in total. The number of rotatable bonds is 8. The molecular formula is C29H43N3O8S2. The van der Waals surface area contributed by atoms with Gasteiger partial charge >= 0.3 is 0 Å². The van der Waals surface area contributed by atoms with Crippen molar-refractivity contribution in [2.75, 3.05) is 44.3 Å². The van der Waals surface area contributed by atoms with Crippen molar-refractivity contribution in [1.29, 1.82) is 0 Å². The minimum atomic E-state index is -3.77. The molecule has 42 heavy (non-hydrogen) atoms. The molecule has 13 heteroatoms. The molecule has 0 saturated heterocycles. The van der Waals surface area contributed by atoms with E-state index in [4.69, 9.17) is 9.47 Å². The molecule has 1 aliphatic rings. The zero-order valence-corrected chi connectivity index (χ0v) is 26.5. The Bertz CT molecular complexity index is 1400. The van der Waals surface area contributed by atoms with Crippen molar-refractivity contribution in [1.82, 2.24) is 9.21 Å². The number of amides is 1. The van der Waals surface area contributed by atoms with Gasteiger partial charge in [0.2, 0.25) is 20.0 Å².